The fourth-order valence-electron chi connectivity index (χ4n) is 3.13. The lowest BCUT2D eigenvalue weighted by Crippen LogP contribution is -2.04. The number of carbonyl (C=O) groups excluding carboxylic acids is 1. The van der Waals surface area contributed by atoms with Crippen LogP contribution < -0.4 is 4.74 Å². The van der Waals surface area contributed by atoms with Gasteiger partial charge < -0.3 is 4.74 Å². The van der Waals surface area contributed by atoms with E-state index in [1.54, 1.807) is 7.11 Å². The molecule has 0 bridgehead atoms. The maximum Gasteiger partial charge on any atom is 0.166 e. The Morgan fingerprint density at radius 2 is 1.64 bits per heavy atom. The number of ketones is 1. The van der Waals surface area contributed by atoms with E-state index in [9.17, 15) is 4.79 Å². The molecular formula is C23H34O2. The third-order valence-corrected chi connectivity index (χ3v) is 4.62. The first-order valence-electron chi connectivity index (χ1n) is 9.64. The van der Waals surface area contributed by atoms with Crippen LogP contribution in [-0.4, -0.2) is 12.9 Å². The third kappa shape index (κ3) is 7.29. The number of methoxy groups -OCH3 is 1. The lowest BCUT2D eigenvalue weighted by molar-refractivity contribution is 0.0979. The Kier molecular flexibility index (Phi) is 10.6. The second-order valence-electron chi connectivity index (χ2n) is 6.53. The maximum absolute atomic E-state index is 12.7. The van der Waals surface area contributed by atoms with Crippen LogP contribution in [0.4, 0.5) is 0 Å². The first-order valence-corrected chi connectivity index (χ1v) is 9.64. The molecule has 0 amide bonds. The number of hydrogen-bond donors (Lipinski definition) is 0. The minimum absolute atomic E-state index is 0.167. The summed E-state index contributed by atoms with van der Waals surface area (Å²) in [5.74, 6) is 0.837. The summed E-state index contributed by atoms with van der Waals surface area (Å²) >= 11 is 0. The van der Waals surface area contributed by atoms with Crippen LogP contribution in [0.15, 0.2) is 48.1 Å². The summed E-state index contributed by atoms with van der Waals surface area (Å²) in [5, 5.41) is 0. The molecule has 25 heavy (non-hydrogen) atoms. The smallest absolute Gasteiger partial charge is 0.166 e. The predicted octanol–water partition coefficient (Wildman–Crippen LogP) is 6.91. The Labute approximate surface area is 154 Å². The highest BCUT2D eigenvalue weighted by molar-refractivity contribution is 5.98. The molecule has 0 aliphatic carbocycles. The van der Waals surface area contributed by atoms with E-state index in [-0.39, 0.29) is 5.78 Å². The molecule has 1 aromatic rings. The molecule has 0 N–H and O–H groups in total. The van der Waals surface area contributed by atoms with Gasteiger partial charge in [0.1, 0.15) is 5.75 Å². The van der Waals surface area contributed by atoms with Crippen LogP contribution in [0.2, 0.25) is 0 Å². The fourth-order valence-corrected chi connectivity index (χ4v) is 3.13. The van der Waals surface area contributed by atoms with Gasteiger partial charge in [0.25, 0.3) is 0 Å². The van der Waals surface area contributed by atoms with E-state index in [1.165, 1.54) is 36.8 Å². The molecule has 0 saturated carbocycles. The molecule has 0 saturated heterocycles. The van der Waals surface area contributed by atoms with E-state index >= 15 is 0 Å². The van der Waals surface area contributed by atoms with Gasteiger partial charge in [-0.1, -0.05) is 56.0 Å². The van der Waals surface area contributed by atoms with Crippen molar-refractivity contribution in [3.8, 4) is 5.75 Å². The summed E-state index contributed by atoms with van der Waals surface area (Å²) < 4.78 is 5.33. The second kappa shape index (κ2) is 12.5. The average molecular weight is 343 g/mol. The Bertz CT molecular complexity index is 569. The molecule has 0 heterocycles. The van der Waals surface area contributed by atoms with Gasteiger partial charge in [0.2, 0.25) is 0 Å². The van der Waals surface area contributed by atoms with E-state index in [0.717, 1.165) is 25.7 Å². The number of benzene rings is 1. The lowest BCUT2D eigenvalue weighted by Gasteiger charge is -2.15. The van der Waals surface area contributed by atoms with Crippen molar-refractivity contribution >= 4 is 5.78 Å². The van der Waals surface area contributed by atoms with Crippen LogP contribution in [0.5, 0.6) is 5.75 Å². The van der Waals surface area contributed by atoms with Crippen molar-refractivity contribution in [3.05, 3.63) is 53.6 Å². The fraction of sp³-hybridized carbons (Fsp3) is 0.522. The van der Waals surface area contributed by atoms with Gasteiger partial charge in [0.05, 0.1) is 12.7 Å². The van der Waals surface area contributed by atoms with Crippen molar-refractivity contribution in [2.75, 3.05) is 7.11 Å². The van der Waals surface area contributed by atoms with Crippen molar-refractivity contribution in [2.24, 2.45) is 0 Å². The predicted molar refractivity (Wildman–Crippen MR) is 107 cm³/mol. The number of para-hydroxylation sites is 1. The minimum Gasteiger partial charge on any atom is -0.496 e. The Hall–Kier alpha value is -1.83. The van der Waals surface area contributed by atoms with E-state index in [2.05, 4.69) is 20.4 Å². The van der Waals surface area contributed by atoms with Crippen LogP contribution >= 0.6 is 0 Å². The average Bonchev–Trinajstić information content (AvgIpc) is 2.65. The van der Waals surface area contributed by atoms with E-state index < -0.39 is 0 Å². The Balaban J connectivity index is 2.89. The molecule has 0 aliphatic rings. The molecular weight excluding hydrogens is 308 g/mol. The first-order chi connectivity index (χ1) is 12.2. The second-order valence-corrected chi connectivity index (χ2v) is 6.53. The molecule has 0 fully saturated rings. The number of hydrogen-bond acceptors (Lipinski definition) is 2. The SMILES string of the molecule is C=CC/C(CCCC)=C(/CCCC)CCC(=O)c1ccccc1OC. The number of rotatable bonds is 13. The third-order valence-electron chi connectivity index (χ3n) is 4.62. The van der Waals surface area contributed by atoms with Crippen LogP contribution in [0.3, 0.4) is 0 Å². The van der Waals surface area contributed by atoms with Gasteiger partial charge in [-0.3, -0.25) is 4.79 Å². The van der Waals surface area contributed by atoms with Gasteiger partial charge >= 0.3 is 0 Å². The molecule has 0 aliphatic heterocycles. The van der Waals surface area contributed by atoms with Crippen molar-refractivity contribution in [1.82, 2.24) is 0 Å². The molecule has 0 spiro atoms. The molecule has 0 radical (unpaired) electrons. The summed E-state index contributed by atoms with van der Waals surface area (Å²) in [5.41, 5.74) is 3.66. The van der Waals surface area contributed by atoms with Crippen molar-refractivity contribution < 1.29 is 9.53 Å². The zero-order chi connectivity index (χ0) is 18.5. The minimum atomic E-state index is 0.167. The van der Waals surface area contributed by atoms with Crippen LogP contribution in [-0.2, 0) is 0 Å². The Morgan fingerprint density at radius 3 is 2.24 bits per heavy atom. The monoisotopic (exact) mass is 342 g/mol. The zero-order valence-corrected chi connectivity index (χ0v) is 16.3. The number of Topliss-reactive ketones (excluding diaryl/α,β-unsaturated/α-hetero) is 1. The number of ether oxygens (including phenoxy) is 1. The highest BCUT2D eigenvalue weighted by Gasteiger charge is 2.14. The van der Waals surface area contributed by atoms with E-state index in [1.807, 2.05) is 30.3 Å². The van der Waals surface area contributed by atoms with Gasteiger partial charge in [0.15, 0.2) is 5.78 Å². The molecule has 0 aromatic heterocycles. The van der Waals surface area contributed by atoms with Gasteiger partial charge in [-0.05, 0) is 50.7 Å². The molecule has 1 rings (SSSR count). The van der Waals surface area contributed by atoms with Crippen LogP contribution in [0.25, 0.3) is 0 Å². The number of allylic oxidation sites excluding steroid dienone is 3. The molecule has 1 aromatic carbocycles. The normalized spacial score (nSPS) is 11.8. The molecule has 2 heteroatoms. The van der Waals surface area contributed by atoms with E-state index in [4.69, 9.17) is 4.74 Å². The number of carbonyl (C=O) groups is 1. The highest BCUT2D eigenvalue weighted by atomic mass is 16.5. The van der Waals surface area contributed by atoms with E-state index in [0.29, 0.717) is 17.7 Å². The lowest BCUT2D eigenvalue weighted by atomic mass is 9.91. The summed E-state index contributed by atoms with van der Waals surface area (Å²) in [4.78, 5) is 12.7. The summed E-state index contributed by atoms with van der Waals surface area (Å²) in [7, 11) is 1.62. The summed E-state index contributed by atoms with van der Waals surface area (Å²) in [6.45, 7) is 8.36. The largest absolute Gasteiger partial charge is 0.496 e. The number of unbranched alkanes of at least 4 members (excludes halogenated alkanes) is 2. The van der Waals surface area contributed by atoms with Crippen molar-refractivity contribution in [2.45, 2.75) is 71.6 Å². The van der Waals surface area contributed by atoms with Crippen molar-refractivity contribution in [1.29, 1.82) is 0 Å². The quantitative estimate of drug-likeness (QED) is 0.287. The molecule has 0 atom stereocenters. The van der Waals surface area contributed by atoms with Gasteiger partial charge in [-0.2, -0.15) is 0 Å². The highest BCUT2D eigenvalue weighted by Crippen LogP contribution is 2.27. The van der Waals surface area contributed by atoms with Crippen LogP contribution in [0, 0.1) is 0 Å². The Morgan fingerprint density at radius 1 is 1.00 bits per heavy atom. The van der Waals surface area contributed by atoms with Gasteiger partial charge in [-0.25, -0.2) is 0 Å². The standard InChI is InChI=1S/C23H34O2/c1-5-8-13-19(12-7-3)20(14-9-6-2)17-18-22(24)21-15-10-11-16-23(21)25-4/h7,10-11,15-16H,3,5-6,8-9,12-14,17-18H2,1-2,4H3/b20-19+. The molecule has 0 unspecified atom stereocenters. The maximum atomic E-state index is 12.7. The van der Waals surface area contributed by atoms with Gasteiger partial charge in [0, 0.05) is 6.42 Å². The summed E-state index contributed by atoms with van der Waals surface area (Å²) in [6.07, 6.45) is 11.3. The van der Waals surface area contributed by atoms with Crippen LogP contribution in [0.1, 0.15) is 82.0 Å². The topological polar surface area (TPSA) is 26.3 Å². The molecule has 2 nitrogen and oxygen atoms in total. The van der Waals surface area contributed by atoms with Gasteiger partial charge in [-0.15, -0.1) is 6.58 Å². The molecule has 138 valence electrons. The first kappa shape index (κ1) is 21.2. The summed E-state index contributed by atoms with van der Waals surface area (Å²) in [6, 6.07) is 7.51. The zero-order valence-electron chi connectivity index (χ0n) is 16.3. The van der Waals surface area contributed by atoms with Crippen molar-refractivity contribution in [3.63, 3.8) is 0 Å².